The van der Waals surface area contributed by atoms with Gasteiger partial charge in [-0.1, -0.05) is 90.5 Å². The van der Waals surface area contributed by atoms with Gasteiger partial charge in [0, 0.05) is 18.7 Å². The van der Waals surface area contributed by atoms with Crippen LogP contribution in [0.4, 0.5) is 4.79 Å². The van der Waals surface area contributed by atoms with Gasteiger partial charge in [0.25, 0.3) is 5.91 Å². The maximum atomic E-state index is 13.4. The third kappa shape index (κ3) is 11.6. The monoisotopic (exact) mass is 690 g/mol. The second-order valence-electron chi connectivity index (χ2n) is 11.9. The average Bonchev–Trinajstić information content (AvgIpc) is 2.97. The van der Waals surface area contributed by atoms with E-state index in [0.29, 0.717) is 42.3 Å². The van der Waals surface area contributed by atoms with Gasteiger partial charge in [0.05, 0.1) is 12.0 Å². The number of carbonyl (C=O) groups excluding carboxylic acids is 3. The van der Waals surface area contributed by atoms with Gasteiger partial charge in [-0.25, -0.2) is 4.79 Å². The topological polar surface area (TPSA) is 98.8 Å². The third-order valence-corrected chi connectivity index (χ3v) is 10.1. The number of benzene rings is 2. The average molecular weight is 692 g/mol. The zero-order valence-corrected chi connectivity index (χ0v) is 29.9. The Morgan fingerprint density at radius 3 is 2.33 bits per heavy atom. The normalized spacial score (nSPS) is 14.6. The van der Waals surface area contributed by atoms with Gasteiger partial charge in [-0.3, -0.25) is 4.79 Å². The molecule has 3 rings (SSSR count). The van der Waals surface area contributed by atoms with E-state index in [9.17, 15) is 19.5 Å². The van der Waals surface area contributed by atoms with Crippen molar-refractivity contribution in [3.8, 4) is 11.1 Å². The van der Waals surface area contributed by atoms with Crippen molar-refractivity contribution in [2.45, 2.75) is 81.2 Å². The minimum absolute atomic E-state index is 0. The molecule has 1 aliphatic rings. The van der Waals surface area contributed by atoms with E-state index in [-0.39, 0.29) is 25.3 Å². The molecule has 1 aliphatic carbocycles. The van der Waals surface area contributed by atoms with Gasteiger partial charge in [-0.05, 0) is 92.7 Å². The van der Waals surface area contributed by atoms with Gasteiger partial charge >= 0.3 is 25.0 Å². The summed E-state index contributed by atoms with van der Waals surface area (Å²) in [4.78, 5) is 40.3. The first kappa shape index (κ1) is 39.6. The number of carbonyl (C=O) groups is 3. The fourth-order valence-electron chi connectivity index (χ4n) is 5.31. The second-order valence-corrected chi connectivity index (χ2v) is 15.2. The second kappa shape index (κ2) is 18.1. The molecular weight excluding hydrogens is 650 g/mol. The number of nitrogens with zero attached hydrogens (tertiary/aromatic N) is 1. The Bertz CT molecular complexity index is 1300. The SMILES string of the molecule is CSCCC(NC(=O)c1ccc(CCN(CC2CCCCC2)C(=O)OC(C)(C)C(Cl)(Cl)Cl)cc1-c1ccccc1C)C(=O)[O-].[Li+]. The molecule has 1 atom stereocenters. The third-order valence-electron chi connectivity index (χ3n) is 8.12. The van der Waals surface area contributed by atoms with Crippen molar-refractivity contribution in [3.05, 3.63) is 59.2 Å². The molecule has 2 aromatic rings. The summed E-state index contributed by atoms with van der Waals surface area (Å²) >= 11 is 19.8. The number of halogens is 3. The number of nitrogens with one attached hydrogen (secondary N) is 1. The van der Waals surface area contributed by atoms with Crippen LogP contribution < -0.4 is 29.3 Å². The predicted octanol–water partition coefficient (Wildman–Crippen LogP) is 3.98. The molecule has 1 unspecified atom stereocenters. The number of alkyl halides is 3. The van der Waals surface area contributed by atoms with E-state index in [0.717, 1.165) is 42.4 Å². The smallest absolute Gasteiger partial charge is 0.548 e. The molecule has 1 saturated carbocycles. The summed E-state index contributed by atoms with van der Waals surface area (Å²) in [5.41, 5.74) is 2.43. The zero-order chi connectivity index (χ0) is 32.5. The van der Waals surface area contributed by atoms with Gasteiger partial charge in [0.1, 0.15) is 0 Å². The summed E-state index contributed by atoms with van der Waals surface area (Å²) in [5, 5.41) is 14.4. The molecule has 7 nitrogen and oxygen atoms in total. The van der Waals surface area contributed by atoms with Crippen molar-refractivity contribution < 1.29 is 43.1 Å². The molecule has 45 heavy (non-hydrogen) atoms. The molecule has 1 N–H and O–H groups in total. The van der Waals surface area contributed by atoms with Gasteiger partial charge in [-0.2, -0.15) is 11.8 Å². The van der Waals surface area contributed by atoms with E-state index >= 15 is 0 Å². The van der Waals surface area contributed by atoms with E-state index in [1.165, 1.54) is 18.2 Å². The molecule has 0 saturated heterocycles. The number of rotatable bonds is 13. The van der Waals surface area contributed by atoms with Crippen LogP contribution in [0.1, 0.15) is 73.9 Å². The number of carboxylic acids is 1. The molecule has 1 fully saturated rings. The Morgan fingerprint density at radius 1 is 1.07 bits per heavy atom. The first-order valence-corrected chi connectivity index (χ1v) is 17.5. The Morgan fingerprint density at radius 2 is 1.73 bits per heavy atom. The van der Waals surface area contributed by atoms with Gasteiger partial charge in [0.15, 0.2) is 5.60 Å². The number of aryl methyl sites for hydroxylation is 1. The molecule has 2 amide bonds. The van der Waals surface area contributed by atoms with Crippen LogP contribution in [-0.4, -0.2) is 63.4 Å². The van der Waals surface area contributed by atoms with Crippen LogP contribution >= 0.6 is 46.6 Å². The molecule has 0 aliphatic heterocycles. The maximum Gasteiger partial charge on any atom is 1.00 e. The fourth-order valence-corrected chi connectivity index (χ4v) is 5.89. The Balaban J connectivity index is 0.00000705. The van der Waals surface area contributed by atoms with Crippen molar-refractivity contribution in [2.75, 3.05) is 25.1 Å². The number of ether oxygens (including phenoxy) is 1. The minimum Gasteiger partial charge on any atom is -0.548 e. The van der Waals surface area contributed by atoms with Crippen molar-refractivity contribution >= 4 is 64.5 Å². The van der Waals surface area contributed by atoms with Crippen molar-refractivity contribution in [2.24, 2.45) is 5.92 Å². The Hall–Kier alpha value is -1.53. The standard InChI is InChI=1S/C33H43Cl3N2O5S.Li/c1-22-10-8-9-13-25(22)27-20-23(14-15-26(27)29(39)37-28(30(40)41)17-19-44-4)16-18-38(21-24-11-6-5-7-12-24)31(42)43-32(2,3)33(34,35)36;/h8-10,13-15,20,24,28H,5-7,11-12,16-19,21H2,1-4H3,(H,37,39)(H,40,41);/q;+1/p-1. The number of amides is 2. The van der Waals surface area contributed by atoms with E-state index in [4.69, 9.17) is 39.5 Å². The first-order valence-electron chi connectivity index (χ1n) is 15.0. The largest absolute Gasteiger partial charge is 1.00 e. The number of aliphatic carboxylic acids is 1. The molecule has 0 radical (unpaired) electrons. The van der Waals surface area contributed by atoms with Crippen LogP contribution in [0.2, 0.25) is 0 Å². The van der Waals surface area contributed by atoms with Crippen LogP contribution in [0.3, 0.4) is 0 Å². The molecule has 242 valence electrons. The summed E-state index contributed by atoms with van der Waals surface area (Å²) in [7, 11) is 0. The molecule has 0 heterocycles. The summed E-state index contributed by atoms with van der Waals surface area (Å²) in [5.74, 6) is -0.865. The first-order chi connectivity index (χ1) is 20.7. The minimum atomic E-state index is -1.80. The summed E-state index contributed by atoms with van der Waals surface area (Å²) in [6, 6.07) is 12.1. The Kier molecular flexibility index (Phi) is 16.0. The van der Waals surface area contributed by atoms with Crippen molar-refractivity contribution in [3.63, 3.8) is 0 Å². The zero-order valence-electron chi connectivity index (χ0n) is 26.8. The van der Waals surface area contributed by atoms with Crippen molar-refractivity contribution in [1.82, 2.24) is 10.2 Å². The summed E-state index contributed by atoms with van der Waals surface area (Å²) in [6.45, 7) is 6.01. The number of thioether (sulfide) groups is 1. The molecular formula is C33H42Cl3LiN2O5S. The summed E-state index contributed by atoms with van der Waals surface area (Å²) < 4.78 is 3.92. The van der Waals surface area contributed by atoms with Gasteiger partial charge in [-0.15, -0.1) is 0 Å². The molecule has 0 spiro atoms. The maximum absolute atomic E-state index is 13.4. The molecule has 2 aromatic carbocycles. The van der Waals surface area contributed by atoms with Crippen molar-refractivity contribution in [1.29, 1.82) is 0 Å². The van der Waals surface area contributed by atoms with Crippen LogP contribution in [0.5, 0.6) is 0 Å². The van der Waals surface area contributed by atoms with Crippen LogP contribution in [0.15, 0.2) is 42.5 Å². The number of hydrogen-bond donors (Lipinski definition) is 1. The molecule has 0 bridgehead atoms. The number of hydrogen-bond acceptors (Lipinski definition) is 6. The van der Waals surface area contributed by atoms with Crippen LogP contribution in [0.25, 0.3) is 11.1 Å². The quantitative estimate of drug-likeness (QED) is 0.252. The van der Waals surface area contributed by atoms with E-state index in [1.807, 2.05) is 49.6 Å². The van der Waals surface area contributed by atoms with E-state index in [2.05, 4.69) is 5.32 Å². The fraction of sp³-hybridized carbons (Fsp3) is 0.545. The molecule has 12 heteroatoms. The van der Waals surface area contributed by atoms with Crippen LogP contribution in [0, 0.1) is 12.8 Å². The van der Waals surface area contributed by atoms with E-state index in [1.54, 1.807) is 24.8 Å². The van der Waals surface area contributed by atoms with Gasteiger partial charge in [0.2, 0.25) is 3.79 Å². The summed E-state index contributed by atoms with van der Waals surface area (Å²) in [6.07, 6.45) is 7.64. The van der Waals surface area contributed by atoms with E-state index < -0.39 is 33.4 Å². The Labute approximate surface area is 298 Å². The van der Waals surface area contributed by atoms with Crippen LogP contribution in [-0.2, 0) is 16.0 Å². The number of carboxylic acid groups (broad SMARTS) is 1. The van der Waals surface area contributed by atoms with Gasteiger partial charge < -0.3 is 24.9 Å². The molecule has 0 aromatic heterocycles. The predicted molar refractivity (Wildman–Crippen MR) is 179 cm³/mol.